The average molecular weight is 479 g/mol. The molecule has 3 aromatic rings. The standard InChI is InChI=1S/C23H18ClF3N2O2S/c24-19-11-6-16(23(25,26)27)13-20(19)29-22(31)14-32-18-9-7-17(8-10-18)28-21(30)12-15-4-2-1-3-5-15/h1-11,13H,12,14H2,(H,28,30)(H,29,31). The summed E-state index contributed by atoms with van der Waals surface area (Å²) in [6, 6.07) is 19.0. The van der Waals surface area contributed by atoms with Gasteiger partial charge in [0, 0.05) is 10.6 Å². The number of amides is 2. The van der Waals surface area contributed by atoms with E-state index in [1.165, 1.54) is 11.8 Å². The van der Waals surface area contributed by atoms with E-state index in [0.717, 1.165) is 28.7 Å². The van der Waals surface area contributed by atoms with Gasteiger partial charge in [-0.15, -0.1) is 11.8 Å². The Morgan fingerprint density at radius 1 is 0.875 bits per heavy atom. The van der Waals surface area contributed by atoms with Gasteiger partial charge in [-0.25, -0.2) is 0 Å². The topological polar surface area (TPSA) is 58.2 Å². The zero-order valence-corrected chi connectivity index (χ0v) is 18.2. The van der Waals surface area contributed by atoms with Gasteiger partial charge in [0.25, 0.3) is 0 Å². The Morgan fingerprint density at radius 3 is 2.22 bits per heavy atom. The summed E-state index contributed by atoms with van der Waals surface area (Å²) in [6.07, 6.45) is -4.27. The van der Waals surface area contributed by atoms with Crippen molar-refractivity contribution in [2.24, 2.45) is 0 Å². The number of anilines is 2. The van der Waals surface area contributed by atoms with Gasteiger partial charge >= 0.3 is 6.18 Å². The molecule has 0 saturated carbocycles. The van der Waals surface area contributed by atoms with Crippen molar-refractivity contribution in [3.8, 4) is 0 Å². The quantitative estimate of drug-likeness (QED) is 0.393. The fourth-order valence-corrected chi connectivity index (χ4v) is 3.62. The molecular weight excluding hydrogens is 461 g/mol. The molecule has 0 radical (unpaired) electrons. The molecule has 3 aromatic carbocycles. The van der Waals surface area contributed by atoms with Crippen molar-refractivity contribution in [2.75, 3.05) is 16.4 Å². The monoisotopic (exact) mass is 478 g/mol. The lowest BCUT2D eigenvalue weighted by Crippen LogP contribution is -2.15. The maximum atomic E-state index is 12.8. The highest BCUT2D eigenvalue weighted by Gasteiger charge is 2.31. The van der Waals surface area contributed by atoms with Crippen LogP contribution in [0, 0.1) is 0 Å². The molecule has 0 bridgehead atoms. The lowest BCUT2D eigenvalue weighted by Gasteiger charge is -2.11. The first kappa shape index (κ1) is 23.7. The number of carbonyl (C=O) groups is 2. The fraction of sp³-hybridized carbons (Fsp3) is 0.130. The Balaban J connectivity index is 1.51. The Bertz CT molecular complexity index is 1090. The molecule has 2 amide bonds. The van der Waals surface area contributed by atoms with Gasteiger partial charge in [0.05, 0.1) is 28.4 Å². The van der Waals surface area contributed by atoms with Crippen LogP contribution in [0.3, 0.4) is 0 Å². The van der Waals surface area contributed by atoms with Gasteiger partial charge in [-0.1, -0.05) is 41.9 Å². The number of hydrogen-bond acceptors (Lipinski definition) is 3. The molecule has 0 saturated heterocycles. The molecule has 0 fully saturated rings. The Labute approximate surface area is 192 Å². The van der Waals surface area contributed by atoms with Crippen LogP contribution in [0.1, 0.15) is 11.1 Å². The molecule has 0 aliphatic carbocycles. The first-order chi connectivity index (χ1) is 15.2. The summed E-state index contributed by atoms with van der Waals surface area (Å²) < 4.78 is 38.5. The zero-order valence-electron chi connectivity index (χ0n) is 16.6. The smallest absolute Gasteiger partial charge is 0.326 e. The van der Waals surface area contributed by atoms with Gasteiger partial charge in [-0.05, 0) is 48.0 Å². The first-order valence-electron chi connectivity index (χ1n) is 9.44. The van der Waals surface area contributed by atoms with Crippen LogP contribution in [0.15, 0.2) is 77.7 Å². The largest absolute Gasteiger partial charge is 0.416 e. The molecular formula is C23H18ClF3N2O2S. The van der Waals surface area contributed by atoms with Crippen LogP contribution >= 0.6 is 23.4 Å². The number of halogens is 4. The van der Waals surface area contributed by atoms with Gasteiger partial charge in [-0.2, -0.15) is 13.2 Å². The van der Waals surface area contributed by atoms with E-state index in [1.807, 2.05) is 30.3 Å². The molecule has 0 unspecified atom stereocenters. The number of benzene rings is 3. The van der Waals surface area contributed by atoms with Crippen LogP contribution in [0.4, 0.5) is 24.5 Å². The van der Waals surface area contributed by atoms with Gasteiger partial charge in [0.1, 0.15) is 0 Å². The lowest BCUT2D eigenvalue weighted by atomic mass is 10.1. The van der Waals surface area contributed by atoms with E-state index in [1.54, 1.807) is 24.3 Å². The van der Waals surface area contributed by atoms with E-state index < -0.39 is 17.6 Å². The summed E-state index contributed by atoms with van der Waals surface area (Å²) in [4.78, 5) is 25.0. The summed E-state index contributed by atoms with van der Waals surface area (Å²) in [7, 11) is 0. The van der Waals surface area contributed by atoms with Crippen LogP contribution in [-0.2, 0) is 22.2 Å². The third kappa shape index (κ3) is 7.03. The lowest BCUT2D eigenvalue weighted by molar-refractivity contribution is -0.137. The molecule has 4 nitrogen and oxygen atoms in total. The van der Waals surface area contributed by atoms with E-state index in [-0.39, 0.29) is 28.8 Å². The van der Waals surface area contributed by atoms with Crippen LogP contribution in [-0.4, -0.2) is 17.6 Å². The molecule has 0 aromatic heterocycles. The second-order valence-corrected chi connectivity index (χ2v) is 8.22. The molecule has 32 heavy (non-hydrogen) atoms. The number of hydrogen-bond donors (Lipinski definition) is 2. The SMILES string of the molecule is O=C(Cc1ccccc1)Nc1ccc(SCC(=O)Nc2cc(C(F)(F)F)ccc2Cl)cc1. The molecule has 0 aliphatic rings. The van der Waals surface area contributed by atoms with E-state index in [4.69, 9.17) is 11.6 Å². The van der Waals surface area contributed by atoms with E-state index in [9.17, 15) is 22.8 Å². The summed E-state index contributed by atoms with van der Waals surface area (Å²) in [5, 5.41) is 5.23. The minimum atomic E-state index is -4.53. The van der Waals surface area contributed by atoms with Gasteiger partial charge in [0.2, 0.25) is 11.8 Å². The highest BCUT2D eigenvalue weighted by atomic mass is 35.5. The first-order valence-corrected chi connectivity index (χ1v) is 10.8. The second-order valence-electron chi connectivity index (χ2n) is 6.76. The summed E-state index contributed by atoms with van der Waals surface area (Å²) in [6.45, 7) is 0. The third-order valence-corrected chi connectivity index (χ3v) is 5.62. The van der Waals surface area contributed by atoms with Crippen molar-refractivity contribution in [2.45, 2.75) is 17.5 Å². The number of rotatable bonds is 7. The average Bonchev–Trinajstić information content (AvgIpc) is 2.74. The summed E-state index contributed by atoms with van der Waals surface area (Å²) in [5.74, 6) is -0.655. The zero-order chi connectivity index (χ0) is 23.1. The van der Waals surface area contributed by atoms with E-state index in [2.05, 4.69) is 10.6 Å². The van der Waals surface area contributed by atoms with E-state index >= 15 is 0 Å². The van der Waals surface area contributed by atoms with Crippen molar-refractivity contribution < 1.29 is 22.8 Å². The molecule has 0 atom stereocenters. The normalized spacial score (nSPS) is 11.1. The number of alkyl halides is 3. The van der Waals surface area contributed by atoms with Crippen LogP contribution in [0.25, 0.3) is 0 Å². The molecule has 166 valence electrons. The molecule has 2 N–H and O–H groups in total. The Morgan fingerprint density at radius 2 is 1.56 bits per heavy atom. The fourth-order valence-electron chi connectivity index (χ4n) is 2.75. The number of nitrogens with one attached hydrogen (secondary N) is 2. The summed E-state index contributed by atoms with van der Waals surface area (Å²) in [5.41, 5.74) is 0.540. The van der Waals surface area contributed by atoms with Crippen molar-refractivity contribution in [1.82, 2.24) is 0 Å². The van der Waals surface area contributed by atoms with Crippen molar-refractivity contribution in [3.05, 3.63) is 88.9 Å². The second kappa shape index (κ2) is 10.6. The van der Waals surface area contributed by atoms with Crippen LogP contribution in [0.5, 0.6) is 0 Å². The number of carbonyl (C=O) groups excluding carboxylic acids is 2. The predicted molar refractivity (Wildman–Crippen MR) is 121 cm³/mol. The minimum Gasteiger partial charge on any atom is -0.326 e. The van der Waals surface area contributed by atoms with Crippen molar-refractivity contribution >= 4 is 46.6 Å². The van der Waals surface area contributed by atoms with Gasteiger partial charge < -0.3 is 10.6 Å². The molecule has 9 heteroatoms. The van der Waals surface area contributed by atoms with Gasteiger partial charge in [-0.3, -0.25) is 9.59 Å². The summed E-state index contributed by atoms with van der Waals surface area (Å²) >= 11 is 7.10. The van der Waals surface area contributed by atoms with Crippen LogP contribution < -0.4 is 10.6 Å². The Kier molecular flexibility index (Phi) is 7.82. The van der Waals surface area contributed by atoms with Gasteiger partial charge in [0.15, 0.2) is 0 Å². The molecule has 3 rings (SSSR count). The third-order valence-electron chi connectivity index (χ3n) is 4.28. The maximum absolute atomic E-state index is 12.8. The maximum Gasteiger partial charge on any atom is 0.416 e. The molecule has 0 heterocycles. The highest BCUT2D eigenvalue weighted by Crippen LogP contribution is 2.34. The number of thioether (sulfide) groups is 1. The Hall–Kier alpha value is -2.97. The van der Waals surface area contributed by atoms with E-state index in [0.29, 0.717) is 5.69 Å². The van der Waals surface area contributed by atoms with Crippen LogP contribution in [0.2, 0.25) is 5.02 Å². The van der Waals surface area contributed by atoms with Crippen molar-refractivity contribution in [1.29, 1.82) is 0 Å². The molecule has 0 aliphatic heterocycles. The highest BCUT2D eigenvalue weighted by molar-refractivity contribution is 8.00. The predicted octanol–water partition coefficient (Wildman–Crippen LogP) is 6.27. The molecule has 0 spiro atoms. The van der Waals surface area contributed by atoms with Crippen molar-refractivity contribution in [3.63, 3.8) is 0 Å². The minimum absolute atomic E-state index is 0.0203.